The summed E-state index contributed by atoms with van der Waals surface area (Å²) in [5.74, 6) is 0. The molecule has 6 nitrogen and oxygen atoms in total. The number of hydrogen-bond acceptors (Lipinski definition) is 5. The molecular formula is C20H15N5OS. The number of nitrogens with one attached hydrogen (secondary N) is 1. The van der Waals surface area contributed by atoms with Crippen molar-refractivity contribution in [2.75, 3.05) is 6.26 Å². The van der Waals surface area contributed by atoms with Crippen LogP contribution in [0.15, 0.2) is 64.9 Å². The lowest BCUT2D eigenvalue weighted by Crippen LogP contribution is -2.14. The minimum Gasteiger partial charge on any atom is -0.343 e. The smallest absolute Gasteiger partial charge is 0.270 e. The Bertz CT molecular complexity index is 1220. The van der Waals surface area contributed by atoms with Crippen LogP contribution in [-0.2, 0) is 6.54 Å². The van der Waals surface area contributed by atoms with Crippen molar-refractivity contribution in [3.63, 3.8) is 0 Å². The van der Waals surface area contributed by atoms with Gasteiger partial charge in [0.05, 0.1) is 5.69 Å². The van der Waals surface area contributed by atoms with E-state index in [1.165, 1.54) is 11.8 Å². The van der Waals surface area contributed by atoms with Crippen molar-refractivity contribution in [3.8, 4) is 17.3 Å². The Morgan fingerprint density at radius 3 is 2.93 bits per heavy atom. The van der Waals surface area contributed by atoms with Gasteiger partial charge in [-0.3, -0.25) is 9.78 Å². The van der Waals surface area contributed by atoms with E-state index in [1.54, 1.807) is 6.20 Å². The van der Waals surface area contributed by atoms with Crippen molar-refractivity contribution in [1.82, 2.24) is 19.5 Å². The SMILES string of the molecule is CSc1nc(-c2ccc3c(ccn3Cc3cccnc3)c2)c(C#N)c(=O)[nH]1. The molecule has 1 N–H and O–H groups in total. The molecular weight excluding hydrogens is 358 g/mol. The Kier molecular flexibility index (Phi) is 4.48. The molecule has 0 atom stereocenters. The molecule has 4 aromatic rings. The van der Waals surface area contributed by atoms with Gasteiger partial charge in [-0.2, -0.15) is 5.26 Å². The third kappa shape index (κ3) is 3.23. The van der Waals surface area contributed by atoms with Gasteiger partial charge in [0.2, 0.25) is 0 Å². The van der Waals surface area contributed by atoms with Gasteiger partial charge in [0.15, 0.2) is 5.16 Å². The summed E-state index contributed by atoms with van der Waals surface area (Å²) >= 11 is 1.33. The zero-order valence-electron chi connectivity index (χ0n) is 14.5. The molecule has 0 saturated heterocycles. The molecule has 27 heavy (non-hydrogen) atoms. The molecule has 0 amide bonds. The summed E-state index contributed by atoms with van der Waals surface area (Å²) in [5, 5.41) is 10.9. The van der Waals surface area contributed by atoms with E-state index >= 15 is 0 Å². The van der Waals surface area contributed by atoms with E-state index in [2.05, 4.69) is 19.5 Å². The van der Waals surface area contributed by atoms with Crippen molar-refractivity contribution in [2.45, 2.75) is 11.7 Å². The van der Waals surface area contributed by atoms with Gasteiger partial charge in [0.25, 0.3) is 5.56 Å². The van der Waals surface area contributed by atoms with Crippen molar-refractivity contribution in [2.24, 2.45) is 0 Å². The van der Waals surface area contributed by atoms with E-state index in [-0.39, 0.29) is 5.56 Å². The number of fused-ring (bicyclic) bond motifs is 1. The van der Waals surface area contributed by atoms with E-state index in [9.17, 15) is 10.1 Å². The molecule has 1 aromatic carbocycles. The van der Waals surface area contributed by atoms with Gasteiger partial charge >= 0.3 is 0 Å². The zero-order valence-corrected chi connectivity index (χ0v) is 15.3. The summed E-state index contributed by atoms with van der Waals surface area (Å²) in [7, 11) is 0. The first-order valence-corrected chi connectivity index (χ1v) is 9.48. The zero-order chi connectivity index (χ0) is 18.8. The molecule has 3 heterocycles. The van der Waals surface area contributed by atoms with Crippen LogP contribution in [0.5, 0.6) is 0 Å². The van der Waals surface area contributed by atoms with E-state index in [0.29, 0.717) is 10.9 Å². The average molecular weight is 373 g/mol. The minimum absolute atomic E-state index is 0.0296. The molecule has 132 valence electrons. The highest BCUT2D eigenvalue weighted by atomic mass is 32.2. The first-order valence-electron chi connectivity index (χ1n) is 8.26. The topological polar surface area (TPSA) is 87.4 Å². The number of rotatable bonds is 4. The number of pyridine rings is 1. The molecule has 0 aliphatic carbocycles. The molecule has 3 aromatic heterocycles. The first-order chi connectivity index (χ1) is 13.2. The van der Waals surface area contributed by atoms with Gasteiger partial charge in [-0.05, 0) is 36.1 Å². The number of benzene rings is 1. The van der Waals surface area contributed by atoms with Gasteiger partial charge in [0, 0.05) is 41.6 Å². The number of thioether (sulfide) groups is 1. The van der Waals surface area contributed by atoms with E-state index in [1.807, 2.05) is 61.1 Å². The van der Waals surface area contributed by atoms with E-state index in [0.717, 1.165) is 28.6 Å². The highest BCUT2D eigenvalue weighted by molar-refractivity contribution is 7.98. The summed E-state index contributed by atoms with van der Waals surface area (Å²) < 4.78 is 2.14. The van der Waals surface area contributed by atoms with Crippen LogP contribution >= 0.6 is 11.8 Å². The molecule has 0 bridgehead atoms. The molecule has 0 radical (unpaired) electrons. The second kappa shape index (κ2) is 7.09. The number of nitriles is 1. The van der Waals surface area contributed by atoms with Crippen molar-refractivity contribution >= 4 is 22.7 Å². The van der Waals surface area contributed by atoms with Gasteiger partial charge in [-0.25, -0.2) is 4.98 Å². The quantitative estimate of drug-likeness (QED) is 0.437. The minimum atomic E-state index is -0.416. The molecule has 0 aliphatic heterocycles. The normalized spacial score (nSPS) is 10.8. The van der Waals surface area contributed by atoms with Crippen LogP contribution in [0.3, 0.4) is 0 Å². The van der Waals surface area contributed by atoms with Crippen LogP contribution in [0.2, 0.25) is 0 Å². The van der Waals surface area contributed by atoms with Crippen LogP contribution in [0.25, 0.3) is 22.2 Å². The third-order valence-corrected chi connectivity index (χ3v) is 4.90. The third-order valence-electron chi connectivity index (χ3n) is 4.32. The average Bonchev–Trinajstić information content (AvgIpc) is 3.10. The van der Waals surface area contributed by atoms with Crippen LogP contribution in [-0.4, -0.2) is 25.8 Å². The van der Waals surface area contributed by atoms with Crippen LogP contribution in [0, 0.1) is 11.3 Å². The van der Waals surface area contributed by atoms with Crippen LogP contribution < -0.4 is 5.56 Å². The van der Waals surface area contributed by atoms with E-state index < -0.39 is 5.56 Å². The molecule has 4 rings (SSSR count). The molecule has 0 unspecified atom stereocenters. The number of hydrogen-bond donors (Lipinski definition) is 1. The van der Waals surface area contributed by atoms with Crippen molar-refractivity contribution < 1.29 is 0 Å². The predicted octanol–water partition coefficient (Wildman–Crippen LogP) is 3.43. The number of nitrogens with zero attached hydrogens (tertiary/aromatic N) is 4. The maximum Gasteiger partial charge on any atom is 0.270 e. The summed E-state index contributed by atoms with van der Waals surface area (Å²) in [6.07, 6.45) is 7.46. The highest BCUT2D eigenvalue weighted by Crippen LogP contribution is 2.26. The Labute approximate surface area is 159 Å². The fourth-order valence-electron chi connectivity index (χ4n) is 3.04. The molecule has 0 spiro atoms. The molecule has 0 aliphatic rings. The van der Waals surface area contributed by atoms with Gasteiger partial charge in [0.1, 0.15) is 11.6 Å². The second-order valence-corrected chi connectivity index (χ2v) is 6.78. The van der Waals surface area contributed by atoms with Crippen molar-refractivity contribution in [1.29, 1.82) is 5.26 Å². The number of aromatic amines is 1. The largest absolute Gasteiger partial charge is 0.343 e. The first kappa shape index (κ1) is 17.1. The van der Waals surface area contributed by atoms with Crippen LogP contribution in [0.1, 0.15) is 11.1 Å². The lowest BCUT2D eigenvalue weighted by atomic mass is 10.1. The molecule has 0 saturated carbocycles. The predicted molar refractivity (Wildman–Crippen MR) is 106 cm³/mol. The molecule has 0 fully saturated rings. The Morgan fingerprint density at radius 2 is 2.19 bits per heavy atom. The summed E-state index contributed by atoms with van der Waals surface area (Å²) in [6.45, 7) is 0.722. The lowest BCUT2D eigenvalue weighted by molar-refractivity contribution is 0.831. The highest BCUT2D eigenvalue weighted by Gasteiger charge is 2.14. The maximum atomic E-state index is 12.2. The fraction of sp³-hybridized carbons (Fsp3) is 0.100. The monoisotopic (exact) mass is 373 g/mol. The fourth-order valence-corrected chi connectivity index (χ4v) is 3.41. The summed E-state index contributed by atoms with van der Waals surface area (Å²) in [6, 6.07) is 13.8. The summed E-state index contributed by atoms with van der Waals surface area (Å²) in [5.41, 5.74) is 2.96. The van der Waals surface area contributed by atoms with Gasteiger partial charge < -0.3 is 9.55 Å². The second-order valence-electron chi connectivity index (χ2n) is 5.99. The van der Waals surface area contributed by atoms with Gasteiger partial charge in [-0.15, -0.1) is 0 Å². The maximum absolute atomic E-state index is 12.2. The van der Waals surface area contributed by atoms with Crippen molar-refractivity contribution in [3.05, 3.63) is 76.5 Å². The Morgan fingerprint density at radius 1 is 1.30 bits per heavy atom. The number of aromatic nitrogens is 4. The Balaban J connectivity index is 1.79. The summed E-state index contributed by atoms with van der Waals surface area (Å²) in [4.78, 5) is 23.4. The number of H-pyrrole nitrogens is 1. The Hall–Kier alpha value is -3.37. The molecule has 7 heteroatoms. The van der Waals surface area contributed by atoms with E-state index in [4.69, 9.17) is 0 Å². The van der Waals surface area contributed by atoms with Gasteiger partial charge in [-0.1, -0.05) is 23.9 Å². The standard InChI is InChI=1S/C20H15N5OS/c1-27-20-23-18(16(10-21)19(26)24-20)15-4-5-17-14(9-15)6-8-25(17)12-13-3-2-7-22-11-13/h2-9,11H,12H2,1H3,(H,23,24,26). The lowest BCUT2D eigenvalue weighted by Gasteiger charge is -2.08. The van der Waals surface area contributed by atoms with Crippen LogP contribution in [0.4, 0.5) is 0 Å².